The molecule has 41 heavy (non-hydrogen) atoms. The highest BCUT2D eigenvalue weighted by atomic mass is 35.5. The molecule has 224 valence electrons. The molecule has 2 bridgehead atoms. The van der Waals surface area contributed by atoms with E-state index in [2.05, 4.69) is 42.4 Å². The first-order valence-corrected chi connectivity index (χ1v) is 14.7. The molecule has 2 aromatic carbocycles. The van der Waals surface area contributed by atoms with E-state index in [0.717, 1.165) is 24.0 Å². The molecule has 0 spiro atoms. The quantitative estimate of drug-likeness (QED) is 0.285. The summed E-state index contributed by atoms with van der Waals surface area (Å²) in [5, 5.41) is 2.98. The highest BCUT2D eigenvalue weighted by Gasteiger charge is 2.68. The van der Waals surface area contributed by atoms with Gasteiger partial charge in [-0.25, -0.2) is 0 Å². The molecule has 0 aromatic heterocycles. The summed E-state index contributed by atoms with van der Waals surface area (Å²) in [7, 11) is -0.563. The summed E-state index contributed by atoms with van der Waals surface area (Å²) in [5.41, 5.74) is 7.72. The molecule has 6 nitrogen and oxygen atoms in total. The minimum atomic E-state index is -4.75. The van der Waals surface area contributed by atoms with Gasteiger partial charge in [-0.15, -0.1) is 24.8 Å². The number of hydrogen-bond acceptors (Lipinski definition) is 5. The Bertz CT molecular complexity index is 1170. The lowest BCUT2D eigenvalue weighted by Crippen LogP contribution is -2.65. The maximum Gasteiger partial charge on any atom is 0.573 e. The third kappa shape index (κ3) is 7.04. The van der Waals surface area contributed by atoms with Crippen LogP contribution in [0.5, 0.6) is 5.75 Å². The maximum atomic E-state index is 12.9. The topological polar surface area (TPSA) is 82.8 Å². The molecule has 1 heterocycles. The molecular formula is C30H39BClF3N2O4. The van der Waals surface area contributed by atoms with Gasteiger partial charge in [0.15, 0.2) is 0 Å². The molecule has 3 aliphatic carbocycles. The van der Waals surface area contributed by atoms with Crippen LogP contribution < -0.4 is 15.8 Å². The summed E-state index contributed by atoms with van der Waals surface area (Å²) in [6, 6.07) is 14.6. The fourth-order valence-electron chi connectivity index (χ4n) is 6.82. The van der Waals surface area contributed by atoms with Crippen LogP contribution in [-0.4, -0.2) is 50.1 Å². The summed E-state index contributed by atoms with van der Waals surface area (Å²) in [6.45, 7) is 6.97. The van der Waals surface area contributed by atoms with Crippen molar-refractivity contribution in [2.24, 2.45) is 23.0 Å². The van der Waals surface area contributed by atoms with Crippen LogP contribution in [0.3, 0.4) is 0 Å². The van der Waals surface area contributed by atoms with Gasteiger partial charge in [0, 0.05) is 18.7 Å². The van der Waals surface area contributed by atoms with Gasteiger partial charge < -0.3 is 25.1 Å². The van der Waals surface area contributed by atoms with Crippen molar-refractivity contribution in [3.8, 4) is 5.75 Å². The molecule has 6 atom stereocenters. The van der Waals surface area contributed by atoms with Crippen LogP contribution in [0, 0.1) is 17.3 Å². The number of halogens is 4. The number of carbonyl (C=O) groups is 1. The van der Waals surface area contributed by atoms with E-state index < -0.39 is 25.1 Å². The van der Waals surface area contributed by atoms with Gasteiger partial charge in [0.05, 0.1) is 17.7 Å². The normalized spacial score (nSPS) is 27.4. The van der Waals surface area contributed by atoms with Crippen molar-refractivity contribution in [3.63, 3.8) is 0 Å². The molecule has 2 aromatic rings. The number of carbonyl (C=O) groups excluding carboxylic acids is 1. The molecule has 3 saturated carbocycles. The Morgan fingerprint density at radius 3 is 2.32 bits per heavy atom. The summed E-state index contributed by atoms with van der Waals surface area (Å²) in [4.78, 5) is 12.9. The zero-order chi connectivity index (χ0) is 30.0. The Morgan fingerprint density at radius 2 is 1.71 bits per heavy atom. The number of ether oxygens (including phenoxy) is 1. The van der Waals surface area contributed by atoms with Crippen LogP contribution in [0.15, 0.2) is 54.6 Å². The monoisotopic (exact) mass is 594 g/mol. The Morgan fingerprint density at radius 1 is 1.07 bits per heavy atom. The van der Waals surface area contributed by atoms with Crippen LogP contribution in [-0.2, 0) is 26.9 Å². The number of alkyl halides is 4. The standard InChI is InChI=1S/C29H36BF3N2O4.CH3Cl/c1-27(2)20-15-24(27)28(3)25(16-20)38-30(39-28)21(13-19-9-11-22(12-10-19)37-29(31,32)33)17-35-26(36)23(34)14-18-7-5-4-6-8-18;1-2/h4-12,20-21,23-25H,13-17,34H2,1-3H3,(H,35,36);1H3/t20?,21?,23?,24?,25?,28-;/m1./s1. The van der Waals surface area contributed by atoms with E-state index in [9.17, 15) is 18.0 Å². The van der Waals surface area contributed by atoms with Crippen molar-refractivity contribution in [2.75, 3.05) is 12.9 Å². The SMILES string of the molecule is CC1(C)C2CC3OB(C(CNC(=O)C(N)Cc4ccccc4)Cc4ccc(OC(F)(F)F)cc4)O[C@]3(C)C1C2.CCl. The Hall–Kier alpha value is -2.27. The van der Waals surface area contributed by atoms with Crippen molar-refractivity contribution in [3.05, 3.63) is 65.7 Å². The zero-order valence-corrected chi connectivity index (χ0v) is 24.7. The predicted molar refractivity (Wildman–Crippen MR) is 154 cm³/mol. The predicted octanol–water partition coefficient (Wildman–Crippen LogP) is 5.77. The molecule has 1 saturated heterocycles. The first-order valence-electron chi connectivity index (χ1n) is 14.0. The van der Waals surface area contributed by atoms with Crippen molar-refractivity contribution in [2.45, 2.75) is 76.4 Å². The molecule has 1 aliphatic heterocycles. The molecule has 0 radical (unpaired) electrons. The number of hydrogen-bond donors (Lipinski definition) is 2. The maximum absolute atomic E-state index is 12.9. The molecule has 11 heteroatoms. The van der Waals surface area contributed by atoms with Gasteiger partial charge in [0.2, 0.25) is 5.91 Å². The molecule has 5 unspecified atom stereocenters. The van der Waals surface area contributed by atoms with Gasteiger partial charge in [0.25, 0.3) is 0 Å². The summed E-state index contributed by atoms with van der Waals surface area (Å²) in [6.07, 6.45) is -0.412. The van der Waals surface area contributed by atoms with Gasteiger partial charge in [-0.3, -0.25) is 4.79 Å². The van der Waals surface area contributed by atoms with E-state index in [1.807, 2.05) is 30.3 Å². The van der Waals surface area contributed by atoms with Crippen molar-refractivity contribution >= 4 is 24.6 Å². The Kier molecular flexibility index (Phi) is 9.68. The van der Waals surface area contributed by atoms with Gasteiger partial charge in [-0.1, -0.05) is 56.3 Å². The summed E-state index contributed by atoms with van der Waals surface area (Å²) in [5.74, 6) is 0.153. The van der Waals surface area contributed by atoms with Crippen LogP contribution >= 0.6 is 11.6 Å². The van der Waals surface area contributed by atoms with Gasteiger partial charge in [-0.05, 0) is 73.1 Å². The average Bonchev–Trinajstić information content (AvgIpc) is 3.29. The molecule has 1 amide bonds. The highest BCUT2D eigenvalue weighted by molar-refractivity contribution is 6.47. The zero-order valence-electron chi connectivity index (χ0n) is 23.9. The fourth-order valence-corrected chi connectivity index (χ4v) is 6.82. The highest BCUT2D eigenvalue weighted by Crippen LogP contribution is 2.66. The lowest BCUT2D eigenvalue weighted by Gasteiger charge is -2.64. The van der Waals surface area contributed by atoms with E-state index in [1.54, 1.807) is 12.1 Å². The van der Waals surface area contributed by atoms with Gasteiger partial charge in [0.1, 0.15) is 5.75 Å². The van der Waals surface area contributed by atoms with Crippen molar-refractivity contribution in [1.29, 1.82) is 0 Å². The second-order valence-electron chi connectivity index (χ2n) is 12.0. The van der Waals surface area contributed by atoms with Crippen molar-refractivity contribution in [1.82, 2.24) is 5.32 Å². The second kappa shape index (κ2) is 12.5. The second-order valence-corrected chi connectivity index (χ2v) is 12.0. The fraction of sp³-hybridized carbons (Fsp3) is 0.567. The third-order valence-corrected chi connectivity index (χ3v) is 9.18. The molecule has 4 fully saturated rings. The number of rotatable bonds is 9. The van der Waals surface area contributed by atoms with Gasteiger partial charge >= 0.3 is 13.5 Å². The Balaban J connectivity index is 0.00000189. The van der Waals surface area contributed by atoms with E-state index in [1.165, 1.54) is 18.5 Å². The first kappa shape index (κ1) is 31.7. The minimum Gasteiger partial charge on any atom is -0.406 e. The van der Waals surface area contributed by atoms with Crippen LogP contribution in [0.4, 0.5) is 13.2 Å². The molecule has 3 N–H and O–H groups in total. The number of benzene rings is 2. The summed E-state index contributed by atoms with van der Waals surface area (Å²) >= 11 is 4.64. The molecule has 6 rings (SSSR count). The lowest BCUT2D eigenvalue weighted by molar-refractivity contribution is -0.274. The van der Waals surface area contributed by atoms with Crippen LogP contribution in [0.25, 0.3) is 0 Å². The molecular weight excluding hydrogens is 556 g/mol. The van der Waals surface area contributed by atoms with E-state index in [0.29, 0.717) is 24.7 Å². The average molecular weight is 595 g/mol. The number of nitrogens with one attached hydrogen (secondary N) is 1. The minimum absolute atomic E-state index is 0.0274. The van der Waals surface area contributed by atoms with Gasteiger partial charge in [-0.2, -0.15) is 0 Å². The smallest absolute Gasteiger partial charge is 0.406 e. The van der Waals surface area contributed by atoms with Crippen LogP contribution in [0.1, 0.15) is 44.7 Å². The number of amides is 1. The lowest BCUT2D eigenvalue weighted by atomic mass is 9.43. The molecule has 4 aliphatic rings. The number of nitrogens with two attached hydrogens (primary N) is 1. The van der Waals surface area contributed by atoms with Crippen LogP contribution in [0.2, 0.25) is 5.82 Å². The van der Waals surface area contributed by atoms with E-state index in [4.69, 9.17) is 15.0 Å². The van der Waals surface area contributed by atoms with Crippen molar-refractivity contribution < 1.29 is 32.0 Å². The third-order valence-electron chi connectivity index (χ3n) is 9.18. The summed E-state index contributed by atoms with van der Waals surface area (Å²) < 4.78 is 55.0. The first-order chi connectivity index (χ1) is 19.3. The van der Waals surface area contributed by atoms with E-state index >= 15 is 0 Å². The largest absolute Gasteiger partial charge is 0.573 e. The van der Waals surface area contributed by atoms with E-state index in [-0.39, 0.29) is 35.5 Å². The Labute approximate surface area is 245 Å².